The van der Waals surface area contributed by atoms with Gasteiger partial charge in [0.2, 0.25) is 5.91 Å². The molecule has 0 bridgehead atoms. The van der Waals surface area contributed by atoms with Crippen LogP contribution in [0.1, 0.15) is 34.8 Å². The molecule has 1 unspecified atom stereocenters. The van der Waals surface area contributed by atoms with Crippen molar-refractivity contribution in [3.63, 3.8) is 0 Å². The number of anilines is 1. The lowest BCUT2D eigenvalue weighted by Crippen LogP contribution is -2.47. The van der Waals surface area contributed by atoms with Gasteiger partial charge in [0.05, 0.1) is 6.04 Å². The highest BCUT2D eigenvalue weighted by Crippen LogP contribution is 2.27. The number of carbonyl (C=O) groups excluding carboxylic acids is 2. The maximum Gasteiger partial charge on any atom is 0.251 e. The summed E-state index contributed by atoms with van der Waals surface area (Å²) in [5, 5.41) is 2.62. The number of amides is 2. The first-order valence-corrected chi connectivity index (χ1v) is 9.42. The second-order valence-electron chi connectivity index (χ2n) is 7.09. The summed E-state index contributed by atoms with van der Waals surface area (Å²) in [6.45, 7) is 3.38. The first kappa shape index (κ1) is 19.1. The molecule has 1 N–H and O–H groups in total. The molecule has 27 heavy (non-hydrogen) atoms. The van der Waals surface area contributed by atoms with Gasteiger partial charge < -0.3 is 10.2 Å². The van der Waals surface area contributed by atoms with E-state index in [-0.39, 0.29) is 17.9 Å². The van der Waals surface area contributed by atoms with Crippen LogP contribution in [0.4, 0.5) is 5.69 Å². The Kier molecular flexibility index (Phi) is 5.91. The lowest BCUT2D eigenvalue weighted by molar-refractivity contribution is -0.123. The van der Waals surface area contributed by atoms with Gasteiger partial charge >= 0.3 is 0 Å². The van der Waals surface area contributed by atoms with Crippen molar-refractivity contribution in [1.82, 2.24) is 10.2 Å². The van der Waals surface area contributed by atoms with Crippen LogP contribution in [0.3, 0.4) is 0 Å². The summed E-state index contributed by atoms with van der Waals surface area (Å²) in [5.41, 5.74) is 4.00. The molecule has 5 heteroatoms. The Labute approximate surface area is 161 Å². The van der Waals surface area contributed by atoms with Crippen LogP contribution < -0.4 is 10.2 Å². The van der Waals surface area contributed by atoms with Gasteiger partial charge in [0.15, 0.2) is 0 Å². The van der Waals surface area contributed by atoms with Gasteiger partial charge in [-0.2, -0.15) is 0 Å². The van der Waals surface area contributed by atoms with Crippen molar-refractivity contribution >= 4 is 17.5 Å². The molecule has 2 aromatic rings. The molecule has 1 aliphatic heterocycles. The third-order valence-corrected chi connectivity index (χ3v) is 5.27. The van der Waals surface area contributed by atoms with Crippen LogP contribution in [0.25, 0.3) is 0 Å². The Morgan fingerprint density at radius 2 is 1.85 bits per heavy atom. The molecule has 1 atom stereocenters. The van der Waals surface area contributed by atoms with Crippen LogP contribution in [0.5, 0.6) is 0 Å². The molecule has 2 amide bonds. The summed E-state index contributed by atoms with van der Waals surface area (Å²) in [6.07, 6.45) is 2.03. The van der Waals surface area contributed by atoms with E-state index < -0.39 is 0 Å². The van der Waals surface area contributed by atoms with Gasteiger partial charge in [-0.1, -0.05) is 30.3 Å². The van der Waals surface area contributed by atoms with Gasteiger partial charge in [-0.05, 0) is 56.1 Å². The average Bonchev–Trinajstić information content (AvgIpc) is 2.72. The Balaban J connectivity index is 1.68. The van der Waals surface area contributed by atoms with Crippen LogP contribution in [0.15, 0.2) is 48.5 Å². The van der Waals surface area contributed by atoms with E-state index in [0.29, 0.717) is 12.1 Å². The van der Waals surface area contributed by atoms with Gasteiger partial charge in [0.25, 0.3) is 5.91 Å². The van der Waals surface area contributed by atoms with Crippen LogP contribution in [-0.4, -0.2) is 43.4 Å². The van der Waals surface area contributed by atoms with Crippen molar-refractivity contribution in [3.8, 4) is 0 Å². The SMILES string of the molecule is CNC(=O)c1ccc(CN(C)C(C)C(=O)N2CCCc3ccccc32)cc1. The number of rotatable bonds is 5. The fourth-order valence-corrected chi connectivity index (χ4v) is 3.51. The van der Waals surface area contributed by atoms with Gasteiger partial charge in [-0.15, -0.1) is 0 Å². The molecular weight excluding hydrogens is 338 g/mol. The summed E-state index contributed by atoms with van der Waals surface area (Å²) in [5.74, 6) is 0.0360. The van der Waals surface area contributed by atoms with E-state index in [1.54, 1.807) is 7.05 Å². The molecule has 142 valence electrons. The van der Waals surface area contributed by atoms with Crippen molar-refractivity contribution in [2.75, 3.05) is 25.5 Å². The van der Waals surface area contributed by atoms with Crippen LogP contribution >= 0.6 is 0 Å². The number of nitrogens with one attached hydrogen (secondary N) is 1. The van der Waals surface area contributed by atoms with E-state index in [9.17, 15) is 9.59 Å². The lowest BCUT2D eigenvalue weighted by Gasteiger charge is -2.34. The fourth-order valence-electron chi connectivity index (χ4n) is 3.51. The maximum atomic E-state index is 13.1. The summed E-state index contributed by atoms with van der Waals surface area (Å²) >= 11 is 0. The molecule has 0 spiro atoms. The van der Waals surface area contributed by atoms with Gasteiger partial charge in [-0.25, -0.2) is 0 Å². The number of nitrogens with zero attached hydrogens (tertiary/aromatic N) is 2. The molecule has 0 radical (unpaired) electrons. The number of hydrogen-bond acceptors (Lipinski definition) is 3. The van der Waals surface area contributed by atoms with Crippen molar-refractivity contribution in [1.29, 1.82) is 0 Å². The molecule has 0 aromatic heterocycles. The normalized spacial score (nSPS) is 14.6. The highest BCUT2D eigenvalue weighted by atomic mass is 16.2. The Bertz CT molecular complexity index is 817. The van der Waals surface area contributed by atoms with Gasteiger partial charge in [0, 0.05) is 31.4 Å². The van der Waals surface area contributed by atoms with Gasteiger partial charge in [0.1, 0.15) is 0 Å². The quantitative estimate of drug-likeness (QED) is 0.886. The van der Waals surface area contributed by atoms with E-state index in [0.717, 1.165) is 30.6 Å². The highest BCUT2D eigenvalue weighted by molar-refractivity contribution is 5.98. The second kappa shape index (κ2) is 8.35. The molecular formula is C22H27N3O2. The Morgan fingerprint density at radius 3 is 2.56 bits per heavy atom. The standard InChI is InChI=1S/C22H27N3O2/c1-16(22(27)25-14-6-8-18-7-4-5-9-20(18)25)24(3)15-17-10-12-19(13-11-17)21(26)23-2/h4-5,7,9-13,16H,6,8,14-15H2,1-3H3,(H,23,26). The minimum Gasteiger partial charge on any atom is -0.355 e. The average molecular weight is 365 g/mol. The molecule has 0 saturated carbocycles. The predicted molar refractivity (Wildman–Crippen MR) is 108 cm³/mol. The first-order chi connectivity index (χ1) is 13.0. The van der Waals surface area contributed by atoms with Crippen LogP contribution in [-0.2, 0) is 17.8 Å². The van der Waals surface area contributed by atoms with Crippen LogP contribution in [0, 0.1) is 0 Å². The minimum atomic E-state index is -0.227. The molecule has 2 aromatic carbocycles. The van der Waals surface area contributed by atoms with E-state index >= 15 is 0 Å². The molecule has 1 aliphatic rings. The number of hydrogen-bond donors (Lipinski definition) is 1. The lowest BCUT2D eigenvalue weighted by atomic mass is 10.0. The number of carbonyl (C=O) groups is 2. The highest BCUT2D eigenvalue weighted by Gasteiger charge is 2.28. The molecule has 0 fully saturated rings. The number of para-hydroxylation sites is 1. The minimum absolute atomic E-state index is 0.0952. The number of likely N-dealkylation sites (N-methyl/N-ethyl adjacent to an activating group) is 1. The third-order valence-electron chi connectivity index (χ3n) is 5.27. The molecule has 0 saturated heterocycles. The maximum absolute atomic E-state index is 13.1. The fraction of sp³-hybridized carbons (Fsp3) is 0.364. The second-order valence-corrected chi connectivity index (χ2v) is 7.09. The van der Waals surface area contributed by atoms with E-state index in [2.05, 4.69) is 16.3 Å². The molecule has 5 nitrogen and oxygen atoms in total. The summed E-state index contributed by atoms with van der Waals surface area (Å²) in [4.78, 5) is 28.7. The Hall–Kier alpha value is -2.66. The zero-order valence-corrected chi connectivity index (χ0v) is 16.2. The van der Waals surface area contributed by atoms with E-state index in [1.807, 2.05) is 61.3 Å². The smallest absolute Gasteiger partial charge is 0.251 e. The predicted octanol–water partition coefficient (Wildman–Crippen LogP) is 2.85. The van der Waals surface area contributed by atoms with Crippen molar-refractivity contribution in [2.45, 2.75) is 32.4 Å². The summed E-state index contributed by atoms with van der Waals surface area (Å²) in [6, 6.07) is 15.5. The first-order valence-electron chi connectivity index (χ1n) is 9.42. The topological polar surface area (TPSA) is 52.7 Å². The molecule has 1 heterocycles. The van der Waals surface area contributed by atoms with Crippen molar-refractivity contribution in [3.05, 3.63) is 65.2 Å². The molecule has 3 rings (SSSR count). The number of fused-ring (bicyclic) bond motifs is 1. The number of benzene rings is 2. The summed E-state index contributed by atoms with van der Waals surface area (Å²) < 4.78 is 0. The molecule has 0 aliphatic carbocycles. The zero-order valence-electron chi connectivity index (χ0n) is 16.2. The monoisotopic (exact) mass is 365 g/mol. The van der Waals surface area contributed by atoms with Crippen molar-refractivity contribution < 1.29 is 9.59 Å². The Morgan fingerprint density at radius 1 is 1.15 bits per heavy atom. The van der Waals surface area contributed by atoms with Crippen LogP contribution in [0.2, 0.25) is 0 Å². The summed E-state index contributed by atoms with van der Waals surface area (Å²) in [7, 11) is 3.58. The van der Waals surface area contributed by atoms with Gasteiger partial charge in [-0.3, -0.25) is 14.5 Å². The van der Waals surface area contributed by atoms with E-state index in [1.165, 1.54) is 5.56 Å². The van der Waals surface area contributed by atoms with Crippen molar-refractivity contribution in [2.24, 2.45) is 0 Å². The largest absolute Gasteiger partial charge is 0.355 e. The zero-order chi connectivity index (χ0) is 19.4. The van der Waals surface area contributed by atoms with E-state index in [4.69, 9.17) is 0 Å². The third kappa shape index (κ3) is 4.19. The number of aryl methyl sites for hydroxylation is 1.